The molecule has 0 aliphatic heterocycles. The summed E-state index contributed by atoms with van der Waals surface area (Å²) in [5.41, 5.74) is 0.209. The summed E-state index contributed by atoms with van der Waals surface area (Å²) in [7, 11) is 0. The summed E-state index contributed by atoms with van der Waals surface area (Å²) >= 11 is 0. The molecule has 2 unspecified atom stereocenters. The van der Waals surface area contributed by atoms with Crippen molar-refractivity contribution < 1.29 is 67.3 Å². The molecular formula is C30H30F12N2O3. The maximum atomic E-state index is 14.3. The smallest absolute Gasteiger partial charge is 0.461 e. The third-order valence-corrected chi connectivity index (χ3v) is 6.27. The minimum Gasteiger partial charge on any atom is -0.488 e. The number of ether oxygens (including phenoxy) is 2. The van der Waals surface area contributed by atoms with Crippen LogP contribution in [0.4, 0.5) is 52.7 Å². The first-order valence-electron chi connectivity index (χ1n) is 13.5. The zero-order valence-corrected chi connectivity index (χ0v) is 24.7. The minimum atomic E-state index is -6.31. The molecule has 3 aromatic rings. The summed E-state index contributed by atoms with van der Waals surface area (Å²) < 4.78 is 169. The Labute approximate surface area is 261 Å². The highest BCUT2D eigenvalue weighted by atomic mass is 19.4. The van der Waals surface area contributed by atoms with Crippen LogP contribution in [0.15, 0.2) is 66.7 Å². The van der Waals surface area contributed by atoms with Crippen LogP contribution in [-0.4, -0.2) is 54.3 Å². The van der Waals surface area contributed by atoms with E-state index < -0.39 is 83.9 Å². The van der Waals surface area contributed by atoms with Gasteiger partial charge in [0.25, 0.3) is 5.60 Å². The zero-order chi connectivity index (χ0) is 36.0. The molecule has 0 aromatic heterocycles. The third-order valence-electron chi connectivity index (χ3n) is 6.27. The monoisotopic (exact) mass is 694 g/mol. The SMILES string of the molecule is CC(C)Oc1cc(C(NCC(N)C(O)(C(F)(F)F)C(F)(F)F)c2cc(F)cc(OC(F)(F)C(F)F)c2)ccc1F.Cc1ccccc1. The molecule has 0 heterocycles. The van der Waals surface area contributed by atoms with E-state index in [2.05, 4.69) is 29.1 Å². The predicted octanol–water partition coefficient (Wildman–Crippen LogP) is 7.85. The van der Waals surface area contributed by atoms with Crippen molar-refractivity contribution >= 4 is 0 Å². The van der Waals surface area contributed by atoms with Gasteiger partial charge in [-0.25, -0.2) is 8.78 Å². The van der Waals surface area contributed by atoms with Crippen molar-refractivity contribution in [1.82, 2.24) is 5.32 Å². The van der Waals surface area contributed by atoms with Crippen LogP contribution in [0.3, 0.4) is 0 Å². The van der Waals surface area contributed by atoms with Crippen molar-refractivity contribution in [2.45, 2.75) is 69.4 Å². The summed E-state index contributed by atoms with van der Waals surface area (Å²) in [6.07, 6.45) is -22.7. The molecule has 0 amide bonds. The number of aryl methyl sites for hydroxylation is 1. The van der Waals surface area contributed by atoms with Crippen LogP contribution in [0.25, 0.3) is 0 Å². The molecule has 4 N–H and O–H groups in total. The molecular weight excluding hydrogens is 664 g/mol. The highest BCUT2D eigenvalue weighted by Gasteiger charge is 2.73. The van der Waals surface area contributed by atoms with Crippen LogP contribution in [-0.2, 0) is 0 Å². The molecule has 5 nitrogen and oxygen atoms in total. The molecule has 0 spiro atoms. The van der Waals surface area contributed by atoms with Gasteiger partial charge in [0.15, 0.2) is 11.6 Å². The van der Waals surface area contributed by atoms with Crippen molar-refractivity contribution in [3.8, 4) is 11.5 Å². The van der Waals surface area contributed by atoms with Crippen LogP contribution in [0.1, 0.15) is 36.6 Å². The van der Waals surface area contributed by atoms with Gasteiger partial charge in [0, 0.05) is 12.6 Å². The lowest BCUT2D eigenvalue weighted by Crippen LogP contribution is -2.69. The van der Waals surface area contributed by atoms with Gasteiger partial charge >= 0.3 is 24.9 Å². The van der Waals surface area contributed by atoms with Gasteiger partial charge in [0.1, 0.15) is 11.6 Å². The fourth-order valence-corrected chi connectivity index (χ4v) is 3.99. The van der Waals surface area contributed by atoms with Crippen molar-refractivity contribution in [2.24, 2.45) is 5.73 Å². The van der Waals surface area contributed by atoms with Gasteiger partial charge in [0.05, 0.1) is 18.2 Å². The number of hydrogen-bond acceptors (Lipinski definition) is 5. The van der Waals surface area contributed by atoms with Crippen LogP contribution in [0.2, 0.25) is 0 Å². The van der Waals surface area contributed by atoms with E-state index in [1.807, 2.05) is 18.2 Å². The van der Waals surface area contributed by atoms with Gasteiger partial charge in [-0.05, 0) is 56.2 Å². The Morgan fingerprint density at radius 1 is 0.809 bits per heavy atom. The summed E-state index contributed by atoms with van der Waals surface area (Å²) in [4.78, 5) is 0. The molecule has 47 heavy (non-hydrogen) atoms. The Morgan fingerprint density at radius 3 is 1.85 bits per heavy atom. The fraction of sp³-hybridized carbons (Fsp3) is 0.400. The second-order valence-corrected chi connectivity index (χ2v) is 10.4. The third kappa shape index (κ3) is 10.4. The molecule has 0 aliphatic carbocycles. The topological polar surface area (TPSA) is 76.7 Å². The van der Waals surface area contributed by atoms with Gasteiger partial charge in [-0.15, -0.1) is 0 Å². The highest BCUT2D eigenvalue weighted by molar-refractivity contribution is 5.41. The first-order chi connectivity index (χ1) is 21.5. The molecule has 0 radical (unpaired) electrons. The molecule has 3 rings (SSSR count). The number of nitrogens with two attached hydrogens (primary N) is 1. The summed E-state index contributed by atoms with van der Waals surface area (Å²) in [6, 6.07) is 9.33. The number of halogens is 12. The molecule has 17 heteroatoms. The lowest BCUT2D eigenvalue weighted by atomic mass is 9.91. The standard InChI is InChI=1S/C23H22F12N2O3.C7H8/c1-10(2)39-16-7-11(3-4-15(16)25)18(37-9-17(36)20(38,22(30,31)32)23(33,34)35)12-5-13(24)8-14(6-12)40-21(28,29)19(26)27;1-7-5-3-2-4-6-7/h3-8,10,17-19,37-38H,9,36H2,1-2H3;2-6H,1H3. The Hall–Kier alpha value is -3.70. The second kappa shape index (κ2) is 15.5. The summed E-state index contributed by atoms with van der Waals surface area (Å²) in [5, 5.41) is 11.7. The Balaban J connectivity index is 0.000000965. The van der Waals surface area contributed by atoms with Crippen LogP contribution in [0.5, 0.6) is 11.5 Å². The zero-order valence-electron chi connectivity index (χ0n) is 24.7. The van der Waals surface area contributed by atoms with Crippen molar-refractivity contribution in [3.63, 3.8) is 0 Å². The van der Waals surface area contributed by atoms with E-state index in [0.29, 0.717) is 12.1 Å². The van der Waals surface area contributed by atoms with Crippen LogP contribution in [0, 0.1) is 18.6 Å². The molecule has 0 bridgehead atoms. The number of benzene rings is 3. The predicted molar refractivity (Wildman–Crippen MR) is 146 cm³/mol. The lowest BCUT2D eigenvalue weighted by molar-refractivity contribution is -0.373. The molecule has 0 fully saturated rings. The summed E-state index contributed by atoms with van der Waals surface area (Å²) in [6.45, 7) is 3.54. The van der Waals surface area contributed by atoms with E-state index in [1.165, 1.54) is 19.4 Å². The number of rotatable bonds is 11. The quantitative estimate of drug-likeness (QED) is 0.179. The number of nitrogens with one attached hydrogen (secondary N) is 1. The normalized spacial score (nSPS) is 14.0. The van der Waals surface area contributed by atoms with Crippen LogP contribution >= 0.6 is 0 Å². The molecule has 3 aromatic carbocycles. The van der Waals surface area contributed by atoms with E-state index in [4.69, 9.17) is 10.5 Å². The first-order valence-corrected chi connectivity index (χ1v) is 13.5. The van der Waals surface area contributed by atoms with Gasteiger partial charge in [-0.1, -0.05) is 42.0 Å². The maximum absolute atomic E-state index is 14.3. The fourth-order valence-electron chi connectivity index (χ4n) is 3.99. The Bertz CT molecular complexity index is 1420. The van der Waals surface area contributed by atoms with E-state index in [0.717, 1.165) is 18.2 Å². The van der Waals surface area contributed by atoms with Crippen LogP contribution < -0.4 is 20.5 Å². The van der Waals surface area contributed by atoms with Gasteiger partial charge in [0.2, 0.25) is 0 Å². The van der Waals surface area contributed by atoms with Crippen molar-refractivity contribution in [2.75, 3.05) is 6.54 Å². The van der Waals surface area contributed by atoms with E-state index in [9.17, 15) is 57.8 Å². The second-order valence-electron chi connectivity index (χ2n) is 10.4. The van der Waals surface area contributed by atoms with Gasteiger partial charge < -0.3 is 25.6 Å². The van der Waals surface area contributed by atoms with Gasteiger partial charge in [-0.3, -0.25) is 0 Å². The molecule has 262 valence electrons. The number of aliphatic hydroxyl groups is 1. The lowest BCUT2D eigenvalue weighted by Gasteiger charge is -2.37. The van der Waals surface area contributed by atoms with E-state index in [1.54, 1.807) is 0 Å². The highest BCUT2D eigenvalue weighted by Crippen LogP contribution is 2.45. The molecule has 0 saturated carbocycles. The largest absolute Gasteiger partial charge is 0.488 e. The number of alkyl halides is 10. The summed E-state index contributed by atoms with van der Waals surface area (Å²) in [5.74, 6) is -4.02. The van der Waals surface area contributed by atoms with E-state index >= 15 is 0 Å². The average molecular weight is 695 g/mol. The first kappa shape index (κ1) is 39.5. The molecule has 2 atom stereocenters. The average Bonchev–Trinajstić information content (AvgIpc) is 2.93. The van der Waals surface area contributed by atoms with E-state index in [-0.39, 0.29) is 11.6 Å². The van der Waals surface area contributed by atoms with Crippen molar-refractivity contribution in [3.05, 3.63) is 95.1 Å². The van der Waals surface area contributed by atoms with Crippen molar-refractivity contribution in [1.29, 1.82) is 0 Å². The number of hydrogen-bond donors (Lipinski definition) is 3. The van der Waals surface area contributed by atoms with Gasteiger partial charge in [-0.2, -0.15) is 43.9 Å². The molecule has 0 saturated heterocycles. The Morgan fingerprint density at radius 2 is 1.38 bits per heavy atom. The molecule has 0 aliphatic rings. The maximum Gasteiger partial charge on any atom is 0.461 e. The minimum absolute atomic E-state index is 0.232. The Kier molecular flexibility index (Phi) is 13.0.